The van der Waals surface area contributed by atoms with Crippen LogP contribution >= 0.6 is 0 Å². The molecule has 1 aromatic carbocycles. The van der Waals surface area contributed by atoms with E-state index in [0.717, 1.165) is 11.5 Å². The first-order valence-electron chi connectivity index (χ1n) is 8.21. The standard InChI is InChI=1S/C18H20N6O2S/c1-18(2,3)27(25,26)23-17-12(8-19)9-21-15-6-5-13(7-14(15)17)24(4)16-10-20-11-22-16/h5-7,9-11H,1-4H3,(H,20,22)(H,21,23). The lowest BCUT2D eigenvalue weighted by Gasteiger charge is -2.22. The van der Waals surface area contributed by atoms with Crippen LogP contribution in [0.4, 0.5) is 17.2 Å². The third-order valence-corrected chi connectivity index (χ3v) is 6.33. The summed E-state index contributed by atoms with van der Waals surface area (Å²) in [5, 5.41) is 10.0. The molecular formula is C18H20N6O2S. The molecule has 9 heteroatoms. The van der Waals surface area contributed by atoms with Crippen molar-refractivity contribution in [3.63, 3.8) is 0 Å². The van der Waals surface area contributed by atoms with Gasteiger partial charge in [-0.25, -0.2) is 13.4 Å². The molecule has 0 aliphatic rings. The van der Waals surface area contributed by atoms with Crippen LogP contribution in [0.3, 0.4) is 0 Å². The molecular weight excluding hydrogens is 364 g/mol. The quantitative estimate of drug-likeness (QED) is 0.714. The van der Waals surface area contributed by atoms with E-state index in [0.29, 0.717) is 10.9 Å². The molecule has 27 heavy (non-hydrogen) atoms. The first kappa shape index (κ1) is 18.7. The van der Waals surface area contributed by atoms with Gasteiger partial charge in [-0.1, -0.05) is 0 Å². The first-order chi connectivity index (χ1) is 12.6. The number of H-pyrrole nitrogens is 1. The van der Waals surface area contributed by atoms with Crippen molar-refractivity contribution in [2.75, 3.05) is 16.7 Å². The van der Waals surface area contributed by atoms with Crippen molar-refractivity contribution >= 4 is 38.1 Å². The summed E-state index contributed by atoms with van der Waals surface area (Å²) in [6.07, 6.45) is 4.63. The number of sulfonamides is 1. The molecule has 0 bridgehead atoms. The van der Waals surface area contributed by atoms with Gasteiger partial charge in [0.2, 0.25) is 10.0 Å². The van der Waals surface area contributed by atoms with Crippen molar-refractivity contribution in [2.24, 2.45) is 0 Å². The minimum absolute atomic E-state index is 0.164. The van der Waals surface area contributed by atoms with Crippen LogP contribution in [0.1, 0.15) is 26.3 Å². The van der Waals surface area contributed by atoms with Crippen molar-refractivity contribution in [1.29, 1.82) is 5.26 Å². The number of fused-ring (bicyclic) bond motifs is 1. The van der Waals surface area contributed by atoms with Gasteiger partial charge in [0.05, 0.1) is 34.0 Å². The molecule has 8 nitrogen and oxygen atoms in total. The second-order valence-electron chi connectivity index (χ2n) is 7.07. The van der Waals surface area contributed by atoms with Gasteiger partial charge in [0.15, 0.2) is 0 Å². The molecule has 2 N–H and O–H groups in total. The summed E-state index contributed by atoms with van der Waals surface area (Å²) in [6, 6.07) is 7.47. The third kappa shape index (κ3) is 3.44. The maximum absolute atomic E-state index is 12.7. The Morgan fingerprint density at radius 2 is 2.00 bits per heavy atom. The zero-order valence-electron chi connectivity index (χ0n) is 15.5. The summed E-state index contributed by atoms with van der Waals surface area (Å²) in [5.41, 5.74) is 1.77. The molecule has 0 saturated carbocycles. The average Bonchev–Trinajstić information content (AvgIpc) is 3.14. The van der Waals surface area contributed by atoms with Crippen LogP contribution in [0.5, 0.6) is 0 Å². The number of aromatic nitrogens is 3. The number of anilines is 3. The number of imidazole rings is 1. The molecule has 140 valence electrons. The number of benzene rings is 1. The van der Waals surface area contributed by atoms with Crippen LogP contribution in [0, 0.1) is 11.3 Å². The number of nitriles is 1. The highest BCUT2D eigenvalue weighted by molar-refractivity contribution is 7.94. The Balaban J connectivity index is 2.19. The van der Waals surface area contributed by atoms with E-state index in [2.05, 4.69) is 19.7 Å². The Hall–Kier alpha value is -3.12. The van der Waals surface area contributed by atoms with Gasteiger partial charge in [-0.2, -0.15) is 5.26 Å². The van der Waals surface area contributed by atoms with Gasteiger partial charge in [-0.05, 0) is 39.0 Å². The SMILES string of the molecule is CN(c1ccc2ncc(C#N)c(NS(=O)(=O)C(C)(C)C)c2c1)c1cnc[nH]1. The zero-order valence-corrected chi connectivity index (χ0v) is 16.3. The highest BCUT2D eigenvalue weighted by Gasteiger charge is 2.30. The van der Waals surface area contributed by atoms with Gasteiger partial charge in [0.25, 0.3) is 0 Å². The molecule has 0 amide bonds. The van der Waals surface area contributed by atoms with Crippen LogP contribution in [-0.2, 0) is 10.0 Å². The molecule has 0 spiro atoms. The average molecular weight is 384 g/mol. The Labute approximate surface area is 157 Å². The van der Waals surface area contributed by atoms with E-state index in [4.69, 9.17) is 0 Å². The first-order valence-corrected chi connectivity index (χ1v) is 9.70. The van der Waals surface area contributed by atoms with Crippen LogP contribution in [-0.4, -0.2) is 35.2 Å². The number of rotatable bonds is 4. The van der Waals surface area contributed by atoms with E-state index in [1.165, 1.54) is 6.20 Å². The molecule has 2 heterocycles. The lowest BCUT2D eigenvalue weighted by molar-refractivity contribution is 0.566. The van der Waals surface area contributed by atoms with Crippen LogP contribution in [0.2, 0.25) is 0 Å². The summed E-state index contributed by atoms with van der Waals surface area (Å²) >= 11 is 0. The number of nitrogens with zero attached hydrogens (tertiary/aromatic N) is 4. The normalized spacial score (nSPS) is 12.0. The second-order valence-corrected chi connectivity index (χ2v) is 9.51. The van der Waals surface area contributed by atoms with E-state index < -0.39 is 14.8 Å². The summed E-state index contributed by atoms with van der Waals surface area (Å²) in [6.45, 7) is 4.80. The number of pyridine rings is 1. The number of hydrogen-bond acceptors (Lipinski definition) is 6. The zero-order chi connectivity index (χ0) is 19.8. The van der Waals surface area contributed by atoms with E-state index in [-0.39, 0.29) is 11.3 Å². The third-order valence-electron chi connectivity index (χ3n) is 4.25. The molecule has 0 fully saturated rings. The molecule has 0 radical (unpaired) electrons. The summed E-state index contributed by atoms with van der Waals surface area (Å²) in [7, 11) is -1.85. The van der Waals surface area contributed by atoms with Gasteiger partial charge in [0, 0.05) is 24.3 Å². The maximum Gasteiger partial charge on any atom is 0.237 e. The monoisotopic (exact) mass is 384 g/mol. The predicted octanol–water partition coefficient (Wildman–Crippen LogP) is 3.14. The van der Waals surface area contributed by atoms with Crippen molar-refractivity contribution in [2.45, 2.75) is 25.5 Å². The number of hydrogen-bond donors (Lipinski definition) is 2. The Bertz CT molecular complexity index is 1130. The van der Waals surface area contributed by atoms with Gasteiger partial charge in [-0.3, -0.25) is 9.71 Å². The smallest absolute Gasteiger partial charge is 0.237 e. The van der Waals surface area contributed by atoms with Gasteiger partial charge in [0.1, 0.15) is 11.9 Å². The largest absolute Gasteiger partial charge is 0.331 e. The van der Waals surface area contributed by atoms with E-state index in [9.17, 15) is 13.7 Å². The molecule has 2 aromatic heterocycles. The van der Waals surface area contributed by atoms with Crippen LogP contribution in [0.15, 0.2) is 36.9 Å². The maximum atomic E-state index is 12.7. The predicted molar refractivity (Wildman–Crippen MR) is 105 cm³/mol. The number of aromatic amines is 1. The van der Waals surface area contributed by atoms with Crippen LogP contribution in [0.25, 0.3) is 10.9 Å². The highest BCUT2D eigenvalue weighted by Crippen LogP contribution is 2.33. The van der Waals surface area contributed by atoms with Crippen molar-refractivity contribution in [3.05, 3.63) is 42.5 Å². The van der Waals surface area contributed by atoms with Gasteiger partial charge < -0.3 is 9.88 Å². The minimum Gasteiger partial charge on any atom is -0.331 e. The second kappa shape index (κ2) is 6.55. The molecule has 0 unspecified atom stereocenters. The van der Waals surface area contributed by atoms with Crippen molar-refractivity contribution in [1.82, 2.24) is 15.0 Å². The molecule has 3 aromatic rings. The highest BCUT2D eigenvalue weighted by atomic mass is 32.2. The molecule has 0 aliphatic heterocycles. The molecule has 0 saturated heterocycles. The lowest BCUT2D eigenvalue weighted by atomic mass is 10.1. The summed E-state index contributed by atoms with van der Waals surface area (Å²) in [5.74, 6) is 0.774. The van der Waals surface area contributed by atoms with E-state index in [1.807, 2.05) is 24.1 Å². The fourth-order valence-electron chi connectivity index (χ4n) is 2.44. The van der Waals surface area contributed by atoms with Gasteiger partial charge >= 0.3 is 0 Å². The fraction of sp³-hybridized carbons (Fsp3) is 0.278. The molecule has 3 rings (SSSR count). The van der Waals surface area contributed by atoms with Gasteiger partial charge in [-0.15, -0.1) is 0 Å². The van der Waals surface area contributed by atoms with Crippen LogP contribution < -0.4 is 9.62 Å². The fourth-order valence-corrected chi connectivity index (χ4v) is 3.24. The minimum atomic E-state index is -3.71. The summed E-state index contributed by atoms with van der Waals surface area (Å²) < 4.78 is 26.9. The Morgan fingerprint density at radius 3 is 2.59 bits per heavy atom. The Kier molecular flexibility index (Phi) is 4.53. The van der Waals surface area contributed by atoms with Crippen molar-refractivity contribution in [3.8, 4) is 6.07 Å². The Morgan fingerprint density at radius 1 is 1.26 bits per heavy atom. The van der Waals surface area contributed by atoms with E-state index >= 15 is 0 Å². The summed E-state index contributed by atoms with van der Waals surface area (Å²) in [4.78, 5) is 13.2. The molecule has 0 atom stereocenters. The van der Waals surface area contributed by atoms with Crippen molar-refractivity contribution < 1.29 is 8.42 Å². The number of nitrogens with one attached hydrogen (secondary N) is 2. The van der Waals surface area contributed by atoms with E-state index in [1.54, 1.807) is 45.4 Å². The lowest BCUT2D eigenvalue weighted by Crippen LogP contribution is -2.34. The topological polar surface area (TPSA) is 115 Å². The molecule has 0 aliphatic carbocycles.